The van der Waals surface area contributed by atoms with Crippen molar-refractivity contribution < 1.29 is 14.3 Å². The van der Waals surface area contributed by atoms with Crippen molar-refractivity contribution in [2.45, 2.75) is 46.8 Å². The van der Waals surface area contributed by atoms with Gasteiger partial charge < -0.3 is 9.64 Å². The number of benzene rings is 1. The second-order valence-electron chi connectivity index (χ2n) is 8.03. The molecule has 0 aliphatic carbocycles. The number of carbonyl (C=O) groups is 2. The molecule has 3 heterocycles. The maximum atomic E-state index is 13.4. The van der Waals surface area contributed by atoms with Crippen LogP contribution in [0.1, 0.15) is 31.9 Å². The van der Waals surface area contributed by atoms with Gasteiger partial charge in [0.2, 0.25) is 5.96 Å². The Hall–Kier alpha value is -2.87. The Kier molecular flexibility index (Phi) is 5.05. The number of amides is 3. The van der Waals surface area contributed by atoms with Gasteiger partial charge in [-0.3, -0.25) is 19.5 Å². The topological polar surface area (TPSA) is 68.7 Å². The SMILES string of the molecule is CCOCCN1C(=O)C2C(N=C3N(c4ccc(C)cc4C)C(C)=C(C)N32)N(C)C1=O. The third kappa shape index (κ3) is 2.89. The molecule has 1 aromatic carbocycles. The summed E-state index contributed by atoms with van der Waals surface area (Å²) in [6, 6.07) is 5.41. The van der Waals surface area contributed by atoms with Gasteiger partial charge in [-0.15, -0.1) is 0 Å². The fraction of sp³-hybridized carbons (Fsp3) is 0.500. The predicted octanol–water partition coefficient (Wildman–Crippen LogP) is 2.67. The van der Waals surface area contributed by atoms with Crippen molar-refractivity contribution in [2.24, 2.45) is 4.99 Å². The molecular weight excluding hydrogens is 382 g/mol. The summed E-state index contributed by atoms with van der Waals surface area (Å²) in [5, 5.41) is 0. The minimum absolute atomic E-state index is 0.226. The third-order valence-corrected chi connectivity index (χ3v) is 6.15. The molecule has 1 fully saturated rings. The molecule has 160 valence electrons. The lowest BCUT2D eigenvalue weighted by atomic mass is 10.1. The van der Waals surface area contributed by atoms with E-state index in [-0.39, 0.29) is 18.5 Å². The number of hydrogen-bond donors (Lipinski definition) is 0. The van der Waals surface area contributed by atoms with Crippen molar-refractivity contribution in [3.8, 4) is 0 Å². The lowest BCUT2D eigenvalue weighted by Gasteiger charge is -2.40. The molecule has 0 spiro atoms. The Morgan fingerprint density at radius 3 is 2.50 bits per heavy atom. The lowest BCUT2D eigenvalue weighted by molar-refractivity contribution is -0.137. The number of anilines is 1. The normalized spacial score (nSPS) is 23.5. The van der Waals surface area contributed by atoms with Gasteiger partial charge in [0.15, 0.2) is 12.2 Å². The summed E-state index contributed by atoms with van der Waals surface area (Å²) < 4.78 is 5.38. The van der Waals surface area contributed by atoms with Crippen molar-refractivity contribution in [1.82, 2.24) is 14.7 Å². The summed E-state index contributed by atoms with van der Waals surface area (Å²) in [6.07, 6.45) is -0.542. The Bertz CT molecular complexity index is 970. The van der Waals surface area contributed by atoms with Crippen molar-refractivity contribution >= 4 is 23.6 Å². The molecule has 4 rings (SSSR count). The van der Waals surface area contributed by atoms with Crippen LogP contribution in [-0.4, -0.2) is 71.6 Å². The highest BCUT2D eigenvalue weighted by Crippen LogP contribution is 2.40. The van der Waals surface area contributed by atoms with Crippen molar-refractivity contribution in [2.75, 3.05) is 31.7 Å². The fourth-order valence-electron chi connectivity index (χ4n) is 4.46. The molecule has 8 nitrogen and oxygen atoms in total. The summed E-state index contributed by atoms with van der Waals surface area (Å²) >= 11 is 0. The van der Waals surface area contributed by atoms with E-state index in [9.17, 15) is 9.59 Å². The second kappa shape index (κ2) is 7.43. The standard InChI is InChI=1S/C22H29N5O3/c1-7-30-11-10-25-20(28)18-19(24(6)22(25)29)23-21-26(15(4)16(5)27(18)21)17-9-8-13(2)12-14(17)3/h8-9,12,18-19H,7,10-11H2,1-6H3. The third-order valence-electron chi connectivity index (χ3n) is 6.15. The molecule has 0 N–H and O–H groups in total. The van der Waals surface area contributed by atoms with E-state index >= 15 is 0 Å². The first kappa shape index (κ1) is 20.4. The molecule has 8 heteroatoms. The number of carbonyl (C=O) groups excluding carboxylic acids is 2. The molecule has 1 aromatic rings. The van der Waals surface area contributed by atoms with Gasteiger partial charge in [0.1, 0.15) is 0 Å². The fourth-order valence-corrected chi connectivity index (χ4v) is 4.46. The van der Waals surface area contributed by atoms with Crippen LogP contribution in [0.15, 0.2) is 34.6 Å². The van der Waals surface area contributed by atoms with E-state index in [0.29, 0.717) is 19.2 Å². The van der Waals surface area contributed by atoms with Gasteiger partial charge in [0.05, 0.1) is 18.8 Å². The van der Waals surface area contributed by atoms with Crippen LogP contribution in [0.4, 0.5) is 10.5 Å². The van der Waals surface area contributed by atoms with E-state index in [4.69, 9.17) is 9.73 Å². The summed E-state index contributed by atoms with van der Waals surface area (Å²) in [4.78, 5) is 38.0. The number of aliphatic imine (C=N–C) groups is 1. The zero-order chi connectivity index (χ0) is 21.7. The van der Waals surface area contributed by atoms with Crippen molar-refractivity contribution in [1.29, 1.82) is 0 Å². The molecule has 3 aliphatic rings. The quantitative estimate of drug-likeness (QED) is 0.697. The van der Waals surface area contributed by atoms with E-state index in [2.05, 4.69) is 36.9 Å². The number of ether oxygens (including phenoxy) is 1. The van der Waals surface area contributed by atoms with Gasteiger partial charge in [0.25, 0.3) is 5.91 Å². The monoisotopic (exact) mass is 411 g/mol. The number of fused-ring (bicyclic) bond motifs is 3. The average molecular weight is 412 g/mol. The Labute approximate surface area is 177 Å². The number of imide groups is 1. The molecule has 3 aliphatic heterocycles. The number of aryl methyl sites for hydroxylation is 2. The van der Waals surface area contributed by atoms with E-state index in [1.54, 1.807) is 11.9 Å². The second-order valence-corrected chi connectivity index (χ2v) is 8.03. The molecule has 3 amide bonds. The minimum atomic E-state index is -0.560. The van der Waals surface area contributed by atoms with Gasteiger partial charge in [-0.05, 0) is 46.2 Å². The van der Waals surface area contributed by atoms with E-state index in [0.717, 1.165) is 22.6 Å². The first-order valence-electron chi connectivity index (χ1n) is 10.4. The number of nitrogens with zero attached hydrogens (tertiary/aromatic N) is 5. The summed E-state index contributed by atoms with van der Waals surface area (Å²) in [6.45, 7) is 11.2. The Morgan fingerprint density at radius 2 is 1.83 bits per heavy atom. The van der Waals surface area contributed by atoms with Crippen LogP contribution >= 0.6 is 0 Å². The number of allylic oxidation sites excluding steroid dienone is 2. The maximum Gasteiger partial charge on any atom is 0.328 e. The molecule has 2 unspecified atom stereocenters. The molecule has 0 radical (unpaired) electrons. The summed E-state index contributed by atoms with van der Waals surface area (Å²) in [5.74, 6) is 0.475. The number of likely N-dealkylation sites (N-methyl/N-ethyl adjacent to an activating group) is 1. The molecule has 0 saturated carbocycles. The van der Waals surface area contributed by atoms with Gasteiger partial charge in [-0.25, -0.2) is 9.79 Å². The van der Waals surface area contributed by atoms with Crippen LogP contribution in [0, 0.1) is 13.8 Å². The van der Waals surface area contributed by atoms with E-state index < -0.39 is 12.2 Å². The molecule has 0 aromatic heterocycles. The van der Waals surface area contributed by atoms with Gasteiger partial charge in [-0.2, -0.15) is 0 Å². The van der Waals surface area contributed by atoms with Crippen LogP contribution in [0.3, 0.4) is 0 Å². The minimum Gasteiger partial charge on any atom is -0.380 e. The zero-order valence-corrected chi connectivity index (χ0v) is 18.5. The van der Waals surface area contributed by atoms with E-state index in [1.165, 1.54) is 10.5 Å². The van der Waals surface area contributed by atoms with Gasteiger partial charge in [-0.1, -0.05) is 17.7 Å². The first-order chi connectivity index (χ1) is 14.3. The molecule has 30 heavy (non-hydrogen) atoms. The van der Waals surface area contributed by atoms with Crippen LogP contribution in [0.25, 0.3) is 0 Å². The van der Waals surface area contributed by atoms with Crippen LogP contribution in [0.5, 0.6) is 0 Å². The maximum absolute atomic E-state index is 13.4. The smallest absolute Gasteiger partial charge is 0.328 e. The van der Waals surface area contributed by atoms with Crippen LogP contribution in [0.2, 0.25) is 0 Å². The lowest BCUT2D eigenvalue weighted by Crippen LogP contribution is -2.65. The number of rotatable bonds is 5. The Balaban J connectivity index is 1.72. The molecule has 1 saturated heterocycles. The molecular formula is C22H29N5O3. The largest absolute Gasteiger partial charge is 0.380 e. The Morgan fingerprint density at radius 1 is 1.10 bits per heavy atom. The van der Waals surface area contributed by atoms with Crippen molar-refractivity contribution in [3.05, 3.63) is 40.7 Å². The van der Waals surface area contributed by atoms with Crippen LogP contribution in [-0.2, 0) is 9.53 Å². The molecule has 0 bridgehead atoms. The number of urea groups is 1. The number of guanidine groups is 1. The summed E-state index contributed by atoms with van der Waals surface area (Å²) in [7, 11) is 1.71. The van der Waals surface area contributed by atoms with Gasteiger partial charge >= 0.3 is 6.03 Å². The highest BCUT2D eigenvalue weighted by molar-refractivity contribution is 6.10. The predicted molar refractivity (Wildman–Crippen MR) is 115 cm³/mol. The summed E-state index contributed by atoms with van der Waals surface area (Å²) in [5.41, 5.74) is 5.37. The van der Waals surface area contributed by atoms with E-state index in [1.807, 2.05) is 25.7 Å². The highest BCUT2D eigenvalue weighted by Gasteiger charge is 2.55. The molecule has 2 atom stereocenters. The number of hydrogen-bond acceptors (Lipinski definition) is 6. The van der Waals surface area contributed by atoms with Gasteiger partial charge in [0, 0.05) is 25.0 Å². The van der Waals surface area contributed by atoms with Crippen molar-refractivity contribution in [3.63, 3.8) is 0 Å². The van der Waals surface area contributed by atoms with Crippen LogP contribution < -0.4 is 4.90 Å². The zero-order valence-electron chi connectivity index (χ0n) is 18.5. The average Bonchev–Trinajstić information content (AvgIpc) is 3.20. The highest BCUT2D eigenvalue weighted by atomic mass is 16.5. The first-order valence-corrected chi connectivity index (χ1v) is 10.4.